The molecule has 0 saturated heterocycles. The van der Waals surface area contributed by atoms with Gasteiger partial charge < -0.3 is 14.6 Å². The highest BCUT2D eigenvalue weighted by atomic mass is 16.5. The molecule has 6 nitrogen and oxygen atoms in total. The monoisotopic (exact) mass is 385 g/mol. The first kappa shape index (κ1) is 18.4. The van der Waals surface area contributed by atoms with Crippen LogP contribution in [-0.2, 0) is 11.2 Å². The smallest absolute Gasteiger partial charge is 0.227 e. The molecular weight excluding hydrogens is 366 g/mol. The van der Waals surface area contributed by atoms with Crippen LogP contribution in [0.4, 0.5) is 5.69 Å². The highest BCUT2D eigenvalue weighted by Gasteiger charge is 2.11. The van der Waals surface area contributed by atoms with E-state index in [-0.39, 0.29) is 12.3 Å². The minimum absolute atomic E-state index is 0.138. The second kappa shape index (κ2) is 8.84. The van der Waals surface area contributed by atoms with Crippen molar-refractivity contribution in [1.82, 2.24) is 10.1 Å². The number of nitrogens with one attached hydrogen (secondary N) is 1. The van der Waals surface area contributed by atoms with E-state index in [1.54, 1.807) is 6.07 Å². The fourth-order valence-electron chi connectivity index (χ4n) is 2.77. The fraction of sp³-hybridized carbons (Fsp3) is 0.0870. The lowest BCUT2D eigenvalue weighted by molar-refractivity contribution is -0.116. The van der Waals surface area contributed by atoms with Crippen LogP contribution in [0.5, 0.6) is 11.5 Å². The Bertz CT molecular complexity index is 1080. The Balaban J connectivity index is 1.32. The number of aryl methyl sites for hydroxylation is 1. The predicted octanol–water partition coefficient (Wildman–Crippen LogP) is 5.10. The first-order chi connectivity index (χ1) is 14.3. The summed E-state index contributed by atoms with van der Waals surface area (Å²) in [7, 11) is 0. The van der Waals surface area contributed by atoms with Gasteiger partial charge >= 0.3 is 0 Å². The predicted molar refractivity (Wildman–Crippen MR) is 110 cm³/mol. The quantitative estimate of drug-likeness (QED) is 0.479. The highest BCUT2D eigenvalue weighted by Crippen LogP contribution is 2.24. The molecule has 0 aliphatic rings. The number of anilines is 1. The zero-order valence-corrected chi connectivity index (χ0v) is 15.6. The normalized spacial score (nSPS) is 10.5. The average Bonchev–Trinajstić information content (AvgIpc) is 3.23. The summed E-state index contributed by atoms with van der Waals surface area (Å²) in [5.41, 5.74) is 1.54. The Morgan fingerprint density at radius 3 is 2.41 bits per heavy atom. The van der Waals surface area contributed by atoms with E-state index in [9.17, 15) is 4.79 Å². The molecule has 0 spiro atoms. The Hall–Kier alpha value is -3.93. The lowest BCUT2D eigenvalue weighted by Crippen LogP contribution is -2.12. The van der Waals surface area contributed by atoms with Gasteiger partial charge in [0.1, 0.15) is 11.5 Å². The average molecular weight is 385 g/mol. The van der Waals surface area contributed by atoms with Crippen molar-refractivity contribution in [2.45, 2.75) is 12.8 Å². The van der Waals surface area contributed by atoms with E-state index in [0.717, 1.165) is 11.3 Å². The molecule has 0 atom stereocenters. The third-order valence-corrected chi connectivity index (χ3v) is 4.16. The van der Waals surface area contributed by atoms with Crippen molar-refractivity contribution >= 4 is 11.6 Å². The van der Waals surface area contributed by atoms with Crippen molar-refractivity contribution in [3.8, 4) is 22.9 Å². The number of rotatable bonds is 7. The van der Waals surface area contributed by atoms with Crippen molar-refractivity contribution in [3.05, 3.63) is 90.8 Å². The summed E-state index contributed by atoms with van der Waals surface area (Å²) in [6.07, 6.45) is 0.603. The summed E-state index contributed by atoms with van der Waals surface area (Å²) in [4.78, 5) is 16.6. The minimum atomic E-state index is -0.138. The summed E-state index contributed by atoms with van der Waals surface area (Å²) in [6.45, 7) is 0. The number of amides is 1. The second-order valence-electron chi connectivity index (χ2n) is 6.37. The van der Waals surface area contributed by atoms with Crippen LogP contribution in [-0.4, -0.2) is 16.0 Å². The summed E-state index contributed by atoms with van der Waals surface area (Å²) in [6, 6.07) is 26.3. The second-order valence-corrected chi connectivity index (χ2v) is 6.37. The van der Waals surface area contributed by atoms with Gasteiger partial charge in [0, 0.05) is 30.2 Å². The third-order valence-electron chi connectivity index (χ3n) is 4.16. The van der Waals surface area contributed by atoms with Gasteiger partial charge in [-0.2, -0.15) is 4.98 Å². The third kappa shape index (κ3) is 5.07. The summed E-state index contributed by atoms with van der Waals surface area (Å²) < 4.78 is 11.0. The first-order valence-corrected chi connectivity index (χ1v) is 9.27. The maximum atomic E-state index is 12.3. The van der Waals surface area contributed by atoms with Gasteiger partial charge in [0.25, 0.3) is 0 Å². The van der Waals surface area contributed by atoms with Gasteiger partial charge in [0.15, 0.2) is 0 Å². The van der Waals surface area contributed by atoms with Gasteiger partial charge in [0.05, 0.1) is 0 Å². The Labute approximate surface area is 168 Å². The molecule has 6 heteroatoms. The van der Waals surface area contributed by atoms with Crippen LogP contribution in [0, 0.1) is 0 Å². The van der Waals surface area contributed by atoms with E-state index < -0.39 is 0 Å². The number of ether oxygens (including phenoxy) is 1. The highest BCUT2D eigenvalue weighted by molar-refractivity contribution is 5.90. The van der Waals surface area contributed by atoms with Crippen LogP contribution in [0.2, 0.25) is 0 Å². The number of aromatic nitrogens is 2. The van der Waals surface area contributed by atoms with Crippen LogP contribution in [0.15, 0.2) is 89.5 Å². The lowest BCUT2D eigenvalue weighted by atomic mass is 10.2. The number of benzene rings is 3. The van der Waals surface area contributed by atoms with E-state index in [1.165, 1.54) is 0 Å². The van der Waals surface area contributed by atoms with Gasteiger partial charge in [-0.15, -0.1) is 0 Å². The van der Waals surface area contributed by atoms with Crippen LogP contribution < -0.4 is 10.1 Å². The summed E-state index contributed by atoms with van der Waals surface area (Å²) >= 11 is 0. The molecule has 0 unspecified atom stereocenters. The molecule has 4 aromatic rings. The SMILES string of the molecule is O=C(CCc1nc(-c2ccccc2)no1)Nc1cccc(Oc2ccccc2)c1. The molecule has 29 heavy (non-hydrogen) atoms. The van der Waals surface area contributed by atoms with Crippen molar-refractivity contribution in [3.63, 3.8) is 0 Å². The molecule has 0 aliphatic heterocycles. The number of hydrogen-bond acceptors (Lipinski definition) is 5. The Morgan fingerprint density at radius 1 is 0.897 bits per heavy atom. The molecule has 0 fully saturated rings. The molecule has 1 aromatic heterocycles. The number of para-hydroxylation sites is 1. The summed E-state index contributed by atoms with van der Waals surface area (Å²) in [5, 5.41) is 6.83. The van der Waals surface area contributed by atoms with Crippen molar-refractivity contribution in [1.29, 1.82) is 0 Å². The molecule has 3 aromatic carbocycles. The fourth-order valence-corrected chi connectivity index (χ4v) is 2.77. The summed E-state index contributed by atoms with van der Waals surface area (Å²) in [5.74, 6) is 2.20. The van der Waals surface area contributed by atoms with Crippen molar-refractivity contribution < 1.29 is 14.1 Å². The van der Waals surface area contributed by atoms with Crippen molar-refractivity contribution in [2.75, 3.05) is 5.32 Å². The molecule has 144 valence electrons. The molecule has 0 bridgehead atoms. The van der Waals surface area contributed by atoms with E-state index in [4.69, 9.17) is 9.26 Å². The molecule has 1 N–H and O–H groups in total. The van der Waals surface area contributed by atoms with Crippen LogP contribution in [0.3, 0.4) is 0 Å². The molecular formula is C23H19N3O3. The Kier molecular flexibility index (Phi) is 5.62. The minimum Gasteiger partial charge on any atom is -0.457 e. The maximum Gasteiger partial charge on any atom is 0.227 e. The zero-order chi connectivity index (χ0) is 19.9. The standard InChI is InChI=1S/C23H19N3O3/c27-21(14-15-22-25-23(26-29-22)17-8-3-1-4-9-17)24-18-10-7-13-20(16-18)28-19-11-5-2-6-12-19/h1-13,16H,14-15H2,(H,24,27). The van der Waals surface area contributed by atoms with E-state index >= 15 is 0 Å². The van der Waals surface area contributed by atoms with Gasteiger partial charge in [0.2, 0.25) is 17.6 Å². The topological polar surface area (TPSA) is 77.2 Å². The number of carbonyl (C=O) groups is 1. The molecule has 0 saturated carbocycles. The number of nitrogens with zero attached hydrogens (tertiary/aromatic N) is 2. The van der Waals surface area contributed by atoms with Gasteiger partial charge in [-0.1, -0.05) is 59.8 Å². The molecule has 0 radical (unpaired) electrons. The molecule has 4 rings (SSSR count). The zero-order valence-electron chi connectivity index (χ0n) is 15.6. The van der Waals surface area contributed by atoms with Crippen LogP contribution >= 0.6 is 0 Å². The van der Waals surface area contributed by atoms with Crippen LogP contribution in [0.1, 0.15) is 12.3 Å². The van der Waals surface area contributed by atoms with E-state index in [2.05, 4.69) is 15.5 Å². The molecule has 0 aliphatic carbocycles. The first-order valence-electron chi connectivity index (χ1n) is 9.27. The molecule has 1 heterocycles. The lowest BCUT2D eigenvalue weighted by Gasteiger charge is -2.08. The van der Waals surface area contributed by atoms with Crippen LogP contribution in [0.25, 0.3) is 11.4 Å². The van der Waals surface area contributed by atoms with Gasteiger partial charge in [-0.25, -0.2) is 0 Å². The number of hydrogen-bond donors (Lipinski definition) is 1. The van der Waals surface area contributed by atoms with E-state index in [1.807, 2.05) is 78.9 Å². The van der Waals surface area contributed by atoms with Crippen molar-refractivity contribution in [2.24, 2.45) is 0 Å². The van der Waals surface area contributed by atoms with E-state index in [0.29, 0.717) is 29.6 Å². The maximum absolute atomic E-state index is 12.3. The Morgan fingerprint density at radius 2 is 1.62 bits per heavy atom. The molecule has 1 amide bonds. The largest absolute Gasteiger partial charge is 0.457 e. The number of carbonyl (C=O) groups excluding carboxylic acids is 1. The van der Waals surface area contributed by atoms with Gasteiger partial charge in [-0.3, -0.25) is 4.79 Å². The van der Waals surface area contributed by atoms with Gasteiger partial charge in [-0.05, 0) is 24.3 Å².